The molecule has 2 aromatic heterocycles. The van der Waals surface area contributed by atoms with Gasteiger partial charge in [-0.15, -0.1) is 0 Å². The summed E-state index contributed by atoms with van der Waals surface area (Å²) in [5, 5.41) is 11.2. The molecule has 1 unspecified atom stereocenters. The van der Waals surface area contributed by atoms with Crippen molar-refractivity contribution in [3.63, 3.8) is 0 Å². The molecule has 7 heteroatoms. The fourth-order valence-electron chi connectivity index (χ4n) is 3.79. The van der Waals surface area contributed by atoms with Crippen LogP contribution in [-0.4, -0.2) is 43.0 Å². The summed E-state index contributed by atoms with van der Waals surface area (Å²) in [5.74, 6) is 1.25. The number of nitrogens with one attached hydrogen (secondary N) is 1. The molecule has 1 N–H and O–H groups in total. The maximum Gasteiger partial charge on any atom is 0.323 e. The number of carbonyl (C=O) groups is 1. The number of hydrogen-bond donors (Lipinski definition) is 1. The first-order valence-electron chi connectivity index (χ1n) is 8.04. The molecule has 120 valence electrons. The third-order valence-electron chi connectivity index (χ3n) is 4.86. The second-order valence-electron chi connectivity index (χ2n) is 6.63. The minimum atomic E-state index is -0.0473. The molecule has 0 saturated carbocycles. The van der Waals surface area contributed by atoms with Gasteiger partial charge in [0.2, 0.25) is 0 Å². The van der Waals surface area contributed by atoms with E-state index in [2.05, 4.69) is 27.4 Å². The molecule has 3 atom stereocenters. The number of fused-ring (bicyclic) bond motifs is 2. The average molecular weight is 312 g/mol. The summed E-state index contributed by atoms with van der Waals surface area (Å²) in [4.78, 5) is 20.4. The third-order valence-corrected chi connectivity index (χ3v) is 4.86. The molecule has 2 bridgehead atoms. The van der Waals surface area contributed by atoms with Crippen molar-refractivity contribution in [2.75, 3.05) is 5.32 Å². The van der Waals surface area contributed by atoms with Gasteiger partial charge in [-0.3, -0.25) is 5.32 Å². The predicted molar refractivity (Wildman–Crippen MR) is 85.3 cm³/mol. The number of amides is 2. The van der Waals surface area contributed by atoms with E-state index in [1.165, 1.54) is 4.80 Å². The van der Waals surface area contributed by atoms with E-state index in [4.69, 9.17) is 0 Å². The van der Waals surface area contributed by atoms with Gasteiger partial charge in [-0.1, -0.05) is 6.92 Å². The molecule has 0 aliphatic carbocycles. The Morgan fingerprint density at radius 3 is 2.61 bits per heavy atom. The minimum Gasteiger partial charge on any atom is -0.318 e. The first-order valence-corrected chi connectivity index (χ1v) is 8.04. The van der Waals surface area contributed by atoms with E-state index in [0.717, 1.165) is 36.4 Å². The van der Waals surface area contributed by atoms with E-state index in [1.54, 1.807) is 18.6 Å². The number of hydrogen-bond acceptors (Lipinski definition) is 4. The highest BCUT2D eigenvalue weighted by molar-refractivity contribution is 5.89. The lowest BCUT2D eigenvalue weighted by molar-refractivity contribution is -0.00603. The Balaban J connectivity index is 1.51. The number of rotatable bonds is 2. The molecular formula is C16H20N6O. The van der Waals surface area contributed by atoms with Crippen LogP contribution in [0.3, 0.4) is 0 Å². The summed E-state index contributed by atoms with van der Waals surface area (Å²) >= 11 is 0. The molecule has 4 heterocycles. The average Bonchev–Trinajstić information content (AvgIpc) is 3.02. The SMILES string of the molecule is Cc1cnc(NC(=O)N2[C@@H]3CC(C)C[C@H]2C3)cc1-n1nccn1. The van der Waals surface area contributed by atoms with Crippen LogP contribution in [-0.2, 0) is 0 Å². The van der Waals surface area contributed by atoms with E-state index in [-0.39, 0.29) is 6.03 Å². The van der Waals surface area contributed by atoms with Crippen LogP contribution >= 0.6 is 0 Å². The number of urea groups is 1. The summed E-state index contributed by atoms with van der Waals surface area (Å²) in [6, 6.07) is 2.54. The van der Waals surface area contributed by atoms with Gasteiger partial charge in [-0.25, -0.2) is 9.78 Å². The number of aryl methyl sites for hydroxylation is 1. The fraction of sp³-hybridized carbons (Fsp3) is 0.500. The maximum atomic E-state index is 12.5. The Labute approximate surface area is 134 Å². The van der Waals surface area contributed by atoms with Gasteiger partial charge in [-0.2, -0.15) is 15.0 Å². The monoisotopic (exact) mass is 312 g/mol. The lowest BCUT2D eigenvalue weighted by atomic mass is 9.74. The highest BCUT2D eigenvalue weighted by Gasteiger charge is 2.46. The van der Waals surface area contributed by atoms with Gasteiger partial charge in [0.05, 0.1) is 18.1 Å². The van der Waals surface area contributed by atoms with Crippen LogP contribution in [0.15, 0.2) is 24.7 Å². The molecular weight excluding hydrogens is 292 g/mol. The van der Waals surface area contributed by atoms with E-state index in [1.807, 2.05) is 17.9 Å². The van der Waals surface area contributed by atoms with Gasteiger partial charge >= 0.3 is 6.03 Å². The van der Waals surface area contributed by atoms with Gasteiger partial charge in [0.25, 0.3) is 0 Å². The summed E-state index contributed by atoms with van der Waals surface area (Å²) in [7, 11) is 0. The van der Waals surface area contributed by atoms with Crippen molar-refractivity contribution >= 4 is 11.8 Å². The smallest absolute Gasteiger partial charge is 0.318 e. The largest absolute Gasteiger partial charge is 0.323 e. The number of aromatic nitrogens is 4. The normalized spacial score (nSPS) is 25.8. The van der Waals surface area contributed by atoms with Crippen molar-refractivity contribution in [2.24, 2.45) is 5.92 Å². The lowest BCUT2D eigenvalue weighted by Crippen LogP contribution is -2.63. The number of pyridine rings is 1. The zero-order chi connectivity index (χ0) is 16.0. The molecule has 7 nitrogen and oxygen atoms in total. The first-order chi connectivity index (χ1) is 11.1. The Hall–Kier alpha value is -2.44. The van der Waals surface area contributed by atoms with Crippen LogP contribution in [0.1, 0.15) is 31.7 Å². The second kappa shape index (κ2) is 5.33. The Bertz CT molecular complexity index is 716. The molecule has 4 rings (SSSR count). The highest BCUT2D eigenvalue weighted by atomic mass is 16.2. The molecule has 2 amide bonds. The van der Waals surface area contributed by atoms with Crippen LogP contribution in [0.2, 0.25) is 0 Å². The van der Waals surface area contributed by atoms with Crippen molar-refractivity contribution in [2.45, 2.75) is 45.2 Å². The minimum absolute atomic E-state index is 0.0473. The molecule has 2 saturated heterocycles. The fourth-order valence-corrected chi connectivity index (χ4v) is 3.79. The van der Waals surface area contributed by atoms with Crippen LogP contribution in [0.4, 0.5) is 10.6 Å². The molecule has 2 aliphatic heterocycles. The predicted octanol–water partition coefficient (Wildman–Crippen LogP) is 2.38. The lowest BCUT2D eigenvalue weighted by Gasteiger charge is -2.54. The topological polar surface area (TPSA) is 75.9 Å². The summed E-state index contributed by atoms with van der Waals surface area (Å²) in [6.07, 6.45) is 8.33. The van der Waals surface area contributed by atoms with Gasteiger partial charge < -0.3 is 4.90 Å². The number of nitrogens with zero attached hydrogens (tertiary/aromatic N) is 5. The highest BCUT2D eigenvalue weighted by Crippen LogP contribution is 2.41. The van der Waals surface area contributed by atoms with Crippen molar-refractivity contribution in [1.82, 2.24) is 24.9 Å². The van der Waals surface area contributed by atoms with E-state index in [0.29, 0.717) is 17.9 Å². The van der Waals surface area contributed by atoms with Gasteiger partial charge in [0.15, 0.2) is 0 Å². The van der Waals surface area contributed by atoms with Gasteiger partial charge in [-0.05, 0) is 37.7 Å². The molecule has 0 spiro atoms. The summed E-state index contributed by atoms with van der Waals surface area (Å²) < 4.78 is 0. The van der Waals surface area contributed by atoms with Crippen LogP contribution in [0.5, 0.6) is 0 Å². The zero-order valence-corrected chi connectivity index (χ0v) is 13.3. The number of piperidine rings is 1. The molecule has 0 aromatic carbocycles. The van der Waals surface area contributed by atoms with Gasteiger partial charge in [0, 0.05) is 24.3 Å². The van der Waals surface area contributed by atoms with Gasteiger partial charge in [0.1, 0.15) is 5.82 Å². The number of carbonyl (C=O) groups excluding carboxylic acids is 1. The van der Waals surface area contributed by atoms with E-state index in [9.17, 15) is 4.79 Å². The van der Waals surface area contributed by atoms with Crippen molar-refractivity contribution < 1.29 is 4.79 Å². The van der Waals surface area contributed by atoms with E-state index < -0.39 is 0 Å². The zero-order valence-electron chi connectivity index (χ0n) is 13.3. The second-order valence-corrected chi connectivity index (χ2v) is 6.63. The third kappa shape index (κ3) is 2.46. The Kier molecular flexibility index (Phi) is 3.28. The molecule has 0 radical (unpaired) electrons. The van der Waals surface area contributed by atoms with E-state index >= 15 is 0 Å². The maximum absolute atomic E-state index is 12.5. The molecule has 2 aromatic rings. The quantitative estimate of drug-likeness (QED) is 0.923. The van der Waals surface area contributed by atoms with Crippen LogP contribution in [0, 0.1) is 12.8 Å². The van der Waals surface area contributed by atoms with Crippen molar-refractivity contribution in [1.29, 1.82) is 0 Å². The summed E-state index contributed by atoms with van der Waals surface area (Å²) in [6.45, 7) is 4.21. The molecule has 2 fully saturated rings. The molecule has 2 aliphatic rings. The first kappa shape index (κ1) is 14.2. The van der Waals surface area contributed by atoms with Crippen LogP contribution in [0.25, 0.3) is 5.69 Å². The Morgan fingerprint density at radius 2 is 1.91 bits per heavy atom. The standard InChI is InChI=1S/C16H20N6O/c1-10-5-12-7-13(6-10)21(12)16(23)20-15-8-14(11(2)9-17-15)22-18-3-4-19-22/h3-4,8-10,12-13H,5-7H2,1-2H3,(H,17,20,23)/t10?,12-,13+. The summed E-state index contributed by atoms with van der Waals surface area (Å²) in [5.41, 5.74) is 1.77. The van der Waals surface area contributed by atoms with Crippen molar-refractivity contribution in [3.05, 3.63) is 30.2 Å². The van der Waals surface area contributed by atoms with Crippen LogP contribution < -0.4 is 5.32 Å². The molecule has 23 heavy (non-hydrogen) atoms. The van der Waals surface area contributed by atoms with Crippen molar-refractivity contribution in [3.8, 4) is 5.69 Å². The number of anilines is 1. The Morgan fingerprint density at radius 1 is 1.22 bits per heavy atom.